The maximum Gasteiger partial charge on any atom is 0.251 e. The third kappa shape index (κ3) is 7.64. The van der Waals surface area contributed by atoms with Crippen LogP contribution in [0.2, 0.25) is 0 Å². The maximum atomic E-state index is 12.9. The van der Waals surface area contributed by atoms with Crippen LogP contribution >= 0.6 is 0 Å². The molecule has 1 saturated carbocycles. The van der Waals surface area contributed by atoms with Crippen LogP contribution in [-0.4, -0.2) is 55.5 Å². The Morgan fingerprint density at radius 3 is 2.50 bits per heavy atom. The lowest BCUT2D eigenvalue weighted by Gasteiger charge is -2.19. The molecule has 1 aromatic heterocycles. The van der Waals surface area contributed by atoms with Gasteiger partial charge in [-0.05, 0) is 76.0 Å². The average molecular weight is 439 g/mol. The number of ether oxygens (including phenoxy) is 1. The van der Waals surface area contributed by atoms with Crippen LogP contribution in [0.4, 0.5) is 5.69 Å². The minimum atomic E-state index is -0.593. The van der Waals surface area contributed by atoms with Gasteiger partial charge in [0.25, 0.3) is 5.91 Å². The molecule has 2 amide bonds. The lowest BCUT2D eigenvalue weighted by Crippen LogP contribution is -2.43. The number of nitrogens with zero attached hydrogens (tertiary/aromatic N) is 2. The minimum absolute atomic E-state index is 0.228. The Kier molecular flexibility index (Phi) is 8.62. The average Bonchev–Trinajstić information content (AvgIpc) is 3.61. The van der Waals surface area contributed by atoms with Crippen molar-refractivity contribution in [3.8, 4) is 5.88 Å². The monoisotopic (exact) mass is 438 g/mol. The van der Waals surface area contributed by atoms with Gasteiger partial charge in [-0.2, -0.15) is 0 Å². The van der Waals surface area contributed by atoms with E-state index in [0.717, 1.165) is 25.8 Å². The van der Waals surface area contributed by atoms with Gasteiger partial charge in [0.05, 0.1) is 19.0 Å². The Morgan fingerprint density at radius 1 is 1.16 bits per heavy atom. The molecule has 1 heterocycles. The standard InChI is InChI=1S/C25H34N4O3/c1-29(2)16-4-5-18-8-11-20(12-9-18)24(30)28-22(14-10-19-6-7-19)25(31)27-21-13-15-23(32-3)26-17-21/h8-9,11-13,15,17,19,22H,4-7,10,14,16H2,1-3H3,(H,27,31)(H,28,30). The van der Waals surface area contributed by atoms with Crippen molar-refractivity contribution in [2.45, 2.75) is 44.6 Å². The van der Waals surface area contributed by atoms with Crippen molar-refractivity contribution in [3.63, 3.8) is 0 Å². The molecule has 0 radical (unpaired) electrons. The number of amides is 2. The predicted octanol–water partition coefficient (Wildman–Crippen LogP) is 3.51. The van der Waals surface area contributed by atoms with Gasteiger partial charge in [-0.15, -0.1) is 0 Å². The summed E-state index contributed by atoms with van der Waals surface area (Å²) < 4.78 is 5.05. The molecule has 2 N–H and O–H groups in total. The van der Waals surface area contributed by atoms with E-state index < -0.39 is 6.04 Å². The summed E-state index contributed by atoms with van der Waals surface area (Å²) >= 11 is 0. The molecule has 1 aromatic carbocycles. The number of aromatic nitrogens is 1. The van der Waals surface area contributed by atoms with Crippen LogP contribution in [0.15, 0.2) is 42.6 Å². The van der Waals surface area contributed by atoms with Gasteiger partial charge in [0.15, 0.2) is 0 Å². The summed E-state index contributed by atoms with van der Waals surface area (Å²) in [6.07, 6.45) is 7.56. The molecule has 0 saturated heterocycles. The molecule has 0 bridgehead atoms. The second kappa shape index (κ2) is 11.6. The zero-order valence-electron chi connectivity index (χ0n) is 19.3. The highest BCUT2D eigenvalue weighted by Crippen LogP contribution is 2.34. The smallest absolute Gasteiger partial charge is 0.251 e. The summed E-state index contributed by atoms with van der Waals surface area (Å²) in [5.74, 6) is 0.693. The van der Waals surface area contributed by atoms with E-state index in [4.69, 9.17) is 4.74 Å². The number of benzene rings is 1. The molecule has 172 valence electrons. The first-order valence-corrected chi connectivity index (χ1v) is 11.3. The Bertz CT molecular complexity index is 877. The highest BCUT2D eigenvalue weighted by molar-refractivity contribution is 6.01. The van der Waals surface area contributed by atoms with Crippen molar-refractivity contribution < 1.29 is 14.3 Å². The summed E-state index contributed by atoms with van der Waals surface area (Å²) in [5.41, 5.74) is 2.35. The van der Waals surface area contributed by atoms with Crippen LogP contribution in [0.5, 0.6) is 5.88 Å². The summed E-state index contributed by atoms with van der Waals surface area (Å²) in [7, 11) is 5.67. The molecule has 1 aliphatic rings. The number of hydrogen-bond acceptors (Lipinski definition) is 5. The molecule has 7 nitrogen and oxygen atoms in total. The van der Waals surface area contributed by atoms with E-state index in [-0.39, 0.29) is 11.8 Å². The van der Waals surface area contributed by atoms with E-state index in [2.05, 4.69) is 34.6 Å². The molecule has 1 unspecified atom stereocenters. The van der Waals surface area contributed by atoms with Crippen LogP contribution < -0.4 is 15.4 Å². The molecule has 32 heavy (non-hydrogen) atoms. The van der Waals surface area contributed by atoms with Gasteiger partial charge in [0, 0.05) is 11.6 Å². The first-order valence-electron chi connectivity index (χ1n) is 11.3. The second-order valence-electron chi connectivity index (χ2n) is 8.73. The number of anilines is 1. The molecule has 1 atom stereocenters. The van der Waals surface area contributed by atoms with Crippen molar-refractivity contribution in [2.24, 2.45) is 5.92 Å². The van der Waals surface area contributed by atoms with Crippen molar-refractivity contribution in [1.29, 1.82) is 0 Å². The third-order valence-corrected chi connectivity index (χ3v) is 5.68. The van der Waals surface area contributed by atoms with Gasteiger partial charge in [-0.1, -0.05) is 25.0 Å². The number of rotatable bonds is 12. The molecule has 2 aromatic rings. The summed E-state index contributed by atoms with van der Waals surface area (Å²) in [6.45, 7) is 1.03. The van der Waals surface area contributed by atoms with Gasteiger partial charge in [-0.3, -0.25) is 9.59 Å². The van der Waals surface area contributed by atoms with Gasteiger partial charge in [-0.25, -0.2) is 4.98 Å². The molecule has 0 aliphatic heterocycles. The Hall–Kier alpha value is -2.93. The number of nitrogens with one attached hydrogen (secondary N) is 2. The van der Waals surface area contributed by atoms with E-state index in [1.165, 1.54) is 18.4 Å². The molecule has 7 heteroatoms. The van der Waals surface area contributed by atoms with Crippen LogP contribution in [-0.2, 0) is 11.2 Å². The van der Waals surface area contributed by atoms with E-state index in [1.54, 1.807) is 25.4 Å². The maximum absolute atomic E-state index is 12.9. The predicted molar refractivity (Wildman–Crippen MR) is 126 cm³/mol. The number of carbonyl (C=O) groups excluding carboxylic acids is 2. The zero-order valence-corrected chi connectivity index (χ0v) is 19.3. The second-order valence-corrected chi connectivity index (χ2v) is 8.73. The van der Waals surface area contributed by atoms with Crippen LogP contribution in [0.25, 0.3) is 0 Å². The minimum Gasteiger partial charge on any atom is -0.481 e. The van der Waals surface area contributed by atoms with Crippen LogP contribution in [0, 0.1) is 5.92 Å². The van der Waals surface area contributed by atoms with Crippen LogP contribution in [0.3, 0.4) is 0 Å². The highest BCUT2D eigenvalue weighted by Gasteiger charge is 2.27. The van der Waals surface area contributed by atoms with Crippen molar-refractivity contribution >= 4 is 17.5 Å². The number of carbonyl (C=O) groups is 2. The fraction of sp³-hybridized carbons (Fsp3) is 0.480. The normalized spacial score (nSPS) is 14.1. The molecular formula is C25H34N4O3. The van der Waals surface area contributed by atoms with Crippen molar-refractivity contribution in [1.82, 2.24) is 15.2 Å². The third-order valence-electron chi connectivity index (χ3n) is 5.68. The Labute approximate surface area is 190 Å². The fourth-order valence-corrected chi connectivity index (χ4v) is 3.55. The SMILES string of the molecule is COc1ccc(NC(=O)C(CCC2CC2)NC(=O)c2ccc(CCCN(C)C)cc2)cn1. The first kappa shape index (κ1) is 23.7. The van der Waals surface area contributed by atoms with Gasteiger partial charge in [0.2, 0.25) is 11.8 Å². The van der Waals surface area contributed by atoms with Crippen molar-refractivity contribution in [2.75, 3.05) is 33.1 Å². The van der Waals surface area contributed by atoms with Gasteiger partial charge >= 0.3 is 0 Å². The molecule has 0 spiro atoms. The number of hydrogen-bond donors (Lipinski definition) is 2. The van der Waals surface area contributed by atoms with E-state index in [9.17, 15) is 9.59 Å². The quantitative estimate of drug-likeness (QED) is 0.530. The number of pyridine rings is 1. The topological polar surface area (TPSA) is 83.6 Å². The summed E-state index contributed by atoms with van der Waals surface area (Å²) in [4.78, 5) is 32.0. The van der Waals surface area contributed by atoms with E-state index in [0.29, 0.717) is 29.5 Å². The first-order chi connectivity index (χ1) is 15.4. The lowest BCUT2D eigenvalue weighted by molar-refractivity contribution is -0.118. The number of methoxy groups -OCH3 is 1. The molecule has 3 rings (SSSR count). The Balaban J connectivity index is 1.59. The molecule has 1 fully saturated rings. The van der Waals surface area contributed by atoms with Crippen molar-refractivity contribution in [3.05, 3.63) is 53.7 Å². The number of aryl methyl sites for hydroxylation is 1. The molecular weight excluding hydrogens is 404 g/mol. The summed E-state index contributed by atoms with van der Waals surface area (Å²) in [5, 5.41) is 5.79. The zero-order chi connectivity index (χ0) is 22.9. The highest BCUT2D eigenvalue weighted by atomic mass is 16.5. The summed E-state index contributed by atoms with van der Waals surface area (Å²) in [6, 6.07) is 10.5. The molecule has 1 aliphatic carbocycles. The Morgan fingerprint density at radius 2 is 1.91 bits per heavy atom. The lowest BCUT2D eigenvalue weighted by atomic mass is 10.0. The largest absolute Gasteiger partial charge is 0.481 e. The van der Waals surface area contributed by atoms with Gasteiger partial charge < -0.3 is 20.3 Å². The van der Waals surface area contributed by atoms with Crippen LogP contribution in [0.1, 0.15) is 48.0 Å². The van der Waals surface area contributed by atoms with E-state index >= 15 is 0 Å². The van der Waals surface area contributed by atoms with E-state index in [1.807, 2.05) is 24.3 Å². The van der Waals surface area contributed by atoms with Gasteiger partial charge in [0.1, 0.15) is 6.04 Å². The fourth-order valence-electron chi connectivity index (χ4n) is 3.55.